The third-order valence-corrected chi connectivity index (χ3v) is 7.35. The van der Waals surface area contributed by atoms with Gasteiger partial charge in [-0.25, -0.2) is 19.9 Å². The van der Waals surface area contributed by atoms with Crippen molar-refractivity contribution < 1.29 is 9.84 Å². The number of anilines is 4. The second kappa shape index (κ2) is 10.9. The highest BCUT2D eigenvalue weighted by molar-refractivity contribution is 5.55. The number of ether oxygens (including phenoxy) is 1. The fourth-order valence-corrected chi connectivity index (χ4v) is 4.90. The van der Waals surface area contributed by atoms with E-state index >= 15 is 0 Å². The third-order valence-electron chi connectivity index (χ3n) is 7.35. The number of nitrogens with zero attached hydrogens (tertiary/aromatic N) is 7. The summed E-state index contributed by atoms with van der Waals surface area (Å²) in [5.74, 6) is 1.86. The first kappa shape index (κ1) is 25.1. The molecule has 200 valence electrons. The van der Waals surface area contributed by atoms with Crippen molar-refractivity contribution in [1.82, 2.24) is 24.9 Å². The Hall–Kier alpha value is -4.15. The van der Waals surface area contributed by atoms with Gasteiger partial charge in [0.05, 0.1) is 19.3 Å². The Balaban J connectivity index is 1.04. The molecule has 4 aromatic rings. The quantitative estimate of drug-likeness (QED) is 0.356. The van der Waals surface area contributed by atoms with Gasteiger partial charge in [0.25, 0.3) is 0 Å². The Morgan fingerprint density at radius 1 is 0.846 bits per heavy atom. The van der Waals surface area contributed by atoms with Crippen LogP contribution < -0.4 is 15.1 Å². The van der Waals surface area contributed by atoms with Crippen LogP contribution >= 0.6 is 0 Å². The number of aliphatic hydroxyl groups is 1. The number of hydrogen-bond donors (Lipinski definition) is 2. The topological polar surface area (TPSA) is 112 Å². The minimum Gasteiger partial charge on any atom is -0.388 e. The van der Waals surface area contributed by atoms with Gasteiger partial charge in [-0.05, 0) is 28.8 Å². The summed E-state index contributed by atoms with van der Waals surface area (Å²) < 4.78 is 5.29. The van der Waals surface area contributed by atoms with Crippen molar-refractivity contribution in [3.05, 3.63) is 90.0 Å². The zero-order valence-electron chi connectivity index (χ0n) is 21.9. The lowest BCUT2D eigenvalue weighted by Crippen LogP contribution is -2.47. The van der Waals surface area contributed by atoms with Crippen molar-refractivity contribution in [2.75, 3.05) is 54.5 Å². The zero-order valence-corrected chi connectivity index (χ0v) is 21.9. The maximum Gasteiger partial charge on any atom is 0.231 e. The van der Waals surface area contributed by atoms with Crippen LogP contribution in [-0.2, 0) is 11.2 Å². The van der Waals surface area contributed by atoms with Gasteiger partial charge in [-0.2, -0.15) is 4.98 Å². The highest BCUT2D eigenvalue weighted by Crippen LogP contribution is 2.40. The van der Waals surface area contributed by atoms with Crippen molar-refractivity contribution in [2.45, 2.75) is 19.4 Å². The van der Waals surface area contributed by atoms with E-state index in [1.807, 2.05) is 61.8 Å². The molecule has 0 amide bonds. The first-order chi connectivity index (χ1) is 19.1. The average molecular weight is 525 g/mol. The van der Waals surface area contributed by atoms with Crippen LogP contribution in [0.5, 0.6) is 0 Å². The molecule has 39 heavy (non-hydrogen) atoms. The summed E-state index contributed by atoms with van der Waals surface area (Å²) in [6.45, 7) is 6.26. The molecule has 2 fully saturated rings. The van der Waals surface area contributed by atoms with Crippen molar-refractivity contribution in [3.63, 3.8) is 0 Å². The van der Waals surface area contributed by atoms with Gasteiger partial charge in [-0.3, -0.25) is 0 Å². The van der Waals surface area contributed by atoms with E-state index in [4.69, 9.17) is 4.74 Å². The van der Waals surface area contributed by atoms with Crippen LogP contribution in [0.2, 0.25) is 0 Å². The van der Waals surface area contributed by atoms with Gasteiger partial charge in [-0.15, -0.1) is 0 Å². The largest absolute Gasteiger partial charge is 0.388 e. The predicted molar refractivity (Wildman–Crippen MR) is 149 cm³/mol. The van der Waals surface area contributed by atoms with Crippen LogP contribution in [0.15, 0.2) is 73.3 Å². The summed E-state index contributed by atoms with van der Waals surface area (Å²) in [5.41, 5.74) is 3.84. The van der Waals surface area contributed by atoms with E-state index in [2.05, 4.69) is 52.2 Å². The van der Waals surface area contributed by atoms with E-state index in [0.717, 1.165) is 55.4 Å². The number of aliphatic hydroxyl groups excluding tert-OH is 1. The molecule has 0 spiro atoms. The van der Waals surface area contributed by atoms with Crippen LogP contribution in [0.4, 0.5) is 23.5 Å². The molecule has 1 unspecified atom stereocenters. The molecule has 10 nitrogen and oxygen atoms in total. The number of benzene rings is 2. The van der Waals surface area contributed by atoms with Crippen molar-refractivity contribution in [3.8, 4) is 0 Å². The van der Waals surface area contributed by atoms with E-state index in [1.54, 1.807) is 0 Å². The lowest BCUT2D eigenvalue weighted by molar-refractivity contribution is -0.163. The molecule has 2 saturated heterocycles. The summed E-state index contributed by atoms with van der Waals surface area (Å²) >= 11 is 0. The minimum absolute atomic E-state index is 0.222. The van der Waals surface area contributed by atoms with E-state index in [-0.39, 0.29) is 5.41 Å². The highest BCUT2D eigenvalue weighted by atomic mass is 16.5. The molecule has 0 saturated carbocycles. The van der Waals surface area contributed by atoms with Gasteiger partial charge in [0.2, 0.25) is 17.8 Å². The lowest BCUT2D eigenvalue weighted by atomic mass is 9.79. The van der Waals surface area contributed by atoms with Gasteiger partial charge in [0.1, 0.15) is 6.33 Å². The minimum atomic E-state index is -0.555. The Kier molecular flexibility index (Phi) is 7.04. The number of aromatic nitrogens is 5. The number of piperazine rings is 1. The van der Waals surface area contributed by atoms with Crippen LogP contribution in [0.1, 0.15) is 29.7 Å². The number of nitrogens with one attached hydrogen (secondary N) is 1. The summed E-state index contributed by atoms with van der Waals surface area (Å²) in [6, 6.07) is 18.0. The third kappa shape index (κ3) is 5.67. The molecular weight excluding hydrogens is 492 g/mol. The van der Waals surface area contributed by atoms with E-state index in [9.17, 15) is 5.11 Å². The first-order valence-corrected chi connectivity index (χ1v) is 13.2. The van der Waals surface area contributed by atoms with E-state index in [0.29, 0.717) is 25.1 Å². The maximum atomic E-state index is 10.7. The van der Waals surface area contributed by atoms with Gasteiger partial charge in [-0.1, -0.05) is 49.4 Å². The fourth-order valence-electron chi connectivity index (χ4n) is 4.90. The molecule has 0 aliphatic carbocycles. The van der Waals surface area contributed by atoms with Crippen LogP contribution in [0, 0.1) is 5.41 Å². The molecule has 2 aromatic carbocycles. The van der Waals surface area contributed by atoms with Gasteiger partial charge in [0.15, 0.2) is 0 Å². The Morgan fingerprint density at radius 2 is 1.51 bits per heavy atom. The zero-order chi connectivity index (χ0) is 26.7. The summed E-state index contributed by atoms with van der Waals surface area (Å²) in [4.78, 5) is 26.9. The summed E-state index contributed by atoms with van der Waals surface area (Å²) in [5, 5.41) is 13.9. The second-order valence-electron chi connectivity index (χ2n) is 10.4. The maximum absolute atomic E-state index is 10.7. The SMILES string of the molecule is CC1(C(O)c2ccc(Nc3ncnc(N4CCN(c5ncc(Cc6ccccc6)cn5)CC4)n3)cc2)COC1. The van der Waals surface area contributed by atoms with Crippen LogP contribution in [-0.4, -0.2) is 69.4 Å². The van der Waals surface area contributed by atoms with Crippen LogP contribution in [0.25, 0.3) is 0 Å². The molecule has 0 bridgehead atoms. The molecule has 10 heteroatoms. The molecule has 2 N–H and O–H groups in total. The van der Waals surface area contributed by atoms with Crippen molar-refractivity contribution in [2.24, 2.45) is 5.41 Å². The average Bonchev–Trinajstić information content (AvgIpc) is 2.97. The molecule has 2 aliphatic rings. The van der Waals surface area contributed by atoms with Gasteiger partial charge in [0, 0.05) is 56.1 Å². The first-order valence-electron chi connectivity index (χ1n) is 13.2. The molecule has 2 aliphatic heterocycles. The normalized spacial score (nSPS) is 17.4. The van der Waals surface area contributed by atoms with E-state index < -0.39 is 6.10 Å². The summed E-state index contributed by atoms with van der Waals surface area (Å²) in [6.07, 6.45) is 5.63. The fraction of sp³-hybridized carbons (Fsp3) is 0.345. The monoisotopic (exact) mass is 524 g/mol. The van der Waals surface area contributed by atoms with Crippen molar-refractivity contribution in [1.29, 1.82) is 0 Å². The second-order valence-corrected chi connectivity index (χ2v) is 10.4. The standard InChI is InChI=1S/C29H32N8O2/c1-29(18-39-19-29)25(38)23-7-9-24(10-8-23)34-26-32-20-33-28(35-26)37-13-11-36(12-14-37)27-30-16-22(17-31-27)15-21-5-3-2-4-6-21/h2-10,16-17,20,25,38H,11-15,18-19H2,1H3,(H,32,33,34,35). The molecule has 1 atom stereocenters. The smallest absolute Gasteiger partial charge is 0.231 e. The molecule has 4 heterocycles. The number of hydrogen-bond acceptors (Lipinski definition) is 10. The van der Waals surface area contributed by atoms with Gasteiger partial charge < -0.3 is 25.0 Å². The van der Waals surface area contributed by atoms with Crippen LogP contribution in [0.3, 0.4) is 0 Å². The van der Waals surface area contributed by atoms with Crippen molar-refractivity contribution >= 4 is 23.5 Å². The summed E-state index contributed by atoms with van der Waals surface area (Å²) in [7, 11) is 0. The Bertz CT molecular complexity index is 1370. The van der Waals surface area contributed by atoms with Gasteiger partial charge >= 0.3 is 0 Å². The lowest BCUT2D eigenvalue weighted by Gasteiger charge is -2.42. The highest BCUT2D eigenvalue weighted by Gasteiger charge is 2.41. The van der Waals surface area contributed by atoms with E-state index in [1.165, 1.54) is 11.9 Å². The molecule has 2 aromatic heterocycles. The Labute approximate surface area is 227 Å². The molecule has 6 rings (SSSR count). The molecular formula is C29H32N8O2. The number of rotatable bonds is 8. The predicted octanol–water partition coefficient (Wildman–Crippen LogP) is 3.39. The Morgan fingerprint density at radius 3 is 2.15 bits per heavy atom. The molecule has 0 radical (unpaired) electrons.